The van der Waals surface area contributed by atoms with Crippen molar-refractivity contribution in [3.8, 4) is 5.75 Å². The highest BCUT2D eigenvalue weighted by Gasteiger charge is 2.22. The van der Waals surface area contributed by atoms with E-state index >= 15 is 0 Å². The Hall–Kier alpha value is -1.03. The van der Waals surface area contributed by atoms with Crippen LogP contribution in [0.15, 0.2) is 18.2 Å². The molecule has 0 saturated heterocycles. The average molecular weight is 243 g/mol. The molecule has 1 atom stereocenters. The summed E-state index contributed by atoms with van der Waals surface area (Å²) < 4.78 is 5.31. The van der Waals surface area contributed by atoms with Crippen molar-refractivity contribution >= 4 is 21.9 Å². The molecule has 0 bridgehead atoms. The number of ether oxygens (including phenoxy) is 1. The predicted octanol–water partition coefficient (Wildman–Crippen LogP) is 2.21. The third kappa shape index (κ3) is 1.42. The van der Waals surface area contributed by atoms with Gasteiger partial charge in [0.05, 0.1) is 10.4 Å². The standard InChI is InChI=1S/C9H7BrO3/c10-7-4-13-8-2-1-5(9(11)12)3-6(7)8/h1-3,7H,4H2,(H,11,12). The van der Waals surface area contributed by atoms with Crippen LogP contribution in [-0.2, 0) is 0 Å². The summed E-state index contributed by atoms with van der Waals surface area (Å²) >= 11 is 3.40. The molecular formula is C9H7BrO3. The number of hydrogen-bond donors (Lipinski definition) is 1. The first kappa shape index (κ1) is 8.56. The van der Waals surface area contributed by atoms with Gasteiger partial charge >= 0.3 is 5.97 Å². The Morgan fingerprint density at radius 2 is 2.38 bits per heavy atom. The molecule has 4 heteroatoms. The summed E-state index contributed by atoms with van der Waals surface area (Å²) in [6.45, 7) is 0.568. The van der Waals surface area contributed by atoms with Gasteiger partial charge < -0.3 is 9.84 Å². The van der Waals surface area contributed by atoms with Crippen molar-refractivity contribution in [1.82, 2.24) is 0 Å². The lowest BCUT2D eigenvalue weighted by atomic mass is 10.1. The van der Waals surface area contributed by atoms with Gasteiger partial charge in [0.15, 0.2) is 0 Å². The van der Waals surface area contributed by atoms with Gasteiger partial charge in [-0.25, -0.2) is 4.79 Å². The van der Waals surface area contributed by atoms with Crippen molar-refractivity contribution in [2.24, 2.45) is 0 Å². The lowest BCUT2D eigenvalue weighted by Gasteiger charge is -2.00. The van der Waals surface area contributed by atoms with Crippen molar-refractivity contribution in [2.75, 3.05) is 6.61 Å². The van der Waals surface area contributed by atoms with Gasteiger partial charge in [0, 0.05) is 5.56 Å². The summed E-state index contributed by atoms with van der Waals surface area (Å²) in [4.78, 5) is 10.8. The molecule has 13 heavy (non-hydrogen) atoms. The molecule has 3 nitrogen and oxygen atoms in total. The van der Waals surface area contributed by atoms with Gasteiger partial charge in [-0.2, -0.15) is 0 Å². The Morgan fingerprint density at radius 1 is 1.62 bits per heavy atom. The van der Waals surface area contributed by atoms with Crippen LogP contribution in [0.1, 0.15) is 20.7 Å². The van der Waals surface area contributed by atoms with Crippen molar-refractivity contribution in [1.29, 1.82) is 0 Å². The van der Waals surface area contributed by atoms with Crippen LogP contribution < -0.4 is 4.74 Å². The first-order valence-electron chi connectivity index (χ1n) is 3.82. The van der Waals surface area contributed by atoms with E-state index in [0.29, 0.717) is 12.2 Å². The summed E-state index contributed by atoms with van der Waals surface area (Å²) in [5.74, 6) is -0.138. The first-order chi connectivity index (χ1) is 6.18. The maximum absolute atomic E-state index is 10.7. The molecule has 0 radical (unpaired) electrons. The zero-order valence-corrected chi connectivity index (χ0v) is 8.24. The van der Waals surface area contributed by atoms with E-state index in [-0.39, 0.29) is 4.83 Å². The van der Waals surface area contributed by atoms with Crippen LogP contribution in [0.3, 0.4) is 0 Å². The molecule has 0 aliphatic carbocycles. The molecule has 0 aromatic heterocycles. The SMILES string of the molecule is O=C(O)c1ccc2c(c1)C(Br)CO2. The quantitative estimate of drug-likeness (QED) is 0.769. The number of aromatic carboxylic acids is 1. The largest absolute Gasteiger partial charge is 0.492 e. The van der Waals surface area contributed by atoms with Crippen LogP contribution in [0.4, 0.5) is 0 Å². The minimum absolute atomic E-state index is 0.113. The minimum Gasteiger partial charge on any atom is -0.492 e. The van der Waals surface area contributed by atoms with E-state index in [9.17, 15) is 4.79 Å². The van der Waals surface area contributed by atoms with Crippen LogP contribution in [-0.4, -0.2) is 17.7 Å². The van der Waals surface area contributed by atoms with Gasteiger partial charge in [-0.15, -0.1) is 0 Å². The Bertz CT molecular complexity index is 362. The zero-order valence-electron chi connectivity index (χ0n) is 6.66. The second-order valence-corrected chi connectivity index (χ2v) is 3.94. The van der Waals surface area contributed by atoms with Gasteiger partial charge in [0.25, 0.3) is 0 Å². The van der Waals surface area contributed by atoms with Crippen molar-refractivity contribution in [3.63, 3.8) is 0 Å². The summed E-state index contributed by atoms with van der Waals surface area (Å²) in [6, 6.07) is 4.89. The fourth-order valence-corrected chi connectivity index (χ4v) is 1.80. The molecule has 1 N–H and O–H groups in total. The molecule has 1 aromatic rings. The smallest absolute Gasteiger partial charge is 0.335 e. The Labute approximate surface area is 83.5 Å². The maximum Gasteiger partial charge on any atom is 0.335 e. The first-order valence-corrected chi connectivity index (χ1v) is 4.74. The van der Waals surface area contributed by atoms with E-state index < -0.39 is 5.97 Å². The number of benzene rings is 1. The maximum atomic E-state index is 10.7. The zero-order chi connectivity index (χ0) is 9.42. The Balaban J connectivity index is 2.47. The summed E-state index contributed by atoms with van der Waals surface area (Å²) in [5, 5.41) is 8.75. The number of carboxylic acids is 1. The second kappa shape index (κ2) is 3.03. The number of alkyl halides is 1. The van der Waals surface area contributed by atoms with Gasteiger partial charge in [-0.3, -0.25) is 0 Å². The van der Waals surface area contributed by atoms with E-state index in [1.165, 1.54) is 0 Å². The molecule has 0 saturated carbocycles. The number of halogens is 1. The molecule has 0 fully saturated rings. The Morgan fingerprint density at radius 3 is 3.08 bits per heavy atom. The number of rotatable bonds is 1. The molecule has 1 unspecified atom stereocenters. The molecule has 1 aliphatic rings. The van der Waals surface area contributed by atoms with Gasteiger partial charge in [-0.05, 0) is 18.2 Å². The number of hydrogen-bond acceptors (Lipinski definition) is 2. The summed E-state index contributed by atoms with van der Waals surface area (Å²) in [6.07, 6.45) is 0. The van der Waals surface area contributed by atoms with Crippen LogP contribution >= 0.6 is 15.9 Å². The highest BCUT2D eigenvalue weighted by atomic mass is 79.9. The monoisotopic (exact) mass is 242 g/mol. The normalized spacial score (nSPS) is 19.3. The molecule has 68 valence electrons. The topological polar surface area (TPSA) is 46.5 Å². The second-order valence-electron chi connectivity index (χ2n) is 2.84. The van der Waals surface area contributed by atoms with Crippen LogP contribution in [0.25, 0.3) is 0 Å². The fourth-order valence-electron chi connectivity index (χ4n) is 1.31. The molecule has 1 aromatic carbocycles. The molecule has 1 heterocycles. The van der Waals surface area contributed by atoms with Crippen molar-refractivity contribution in [2.45, 2.75) is 4.83 Å². The summed E-state index contributed by atoms with van der Waals surface area (Å²) in [5.41, 5.74) is 1.22. The highest BCUT2D eigenvalue weighted by molar-refractivity contribution is 9.09. The van der Waals surface area contributed by atoms with E-state index in [2.05, 4.69) is 15.9 Å². The number of carbonyl (C=O) groups is 1. The molecule has 0 amide bonds. The third-order valence-electron chi connectivity index (χ3n) is 1.98. The average Bonchev–Trinajstić information content (AvgIpc) is 2.47. The van der Waals surface area contributed by atoms with E-state index in [0.717, 1.165) is 11.3 Å². The number of fused-ring (bicyclic) bond motifs is 1. The summed E-state index contributed by atoms with van der Waals surface area (Å²) in [7, 11) is 0. The predicted molar refractivity (Wildman–Crippen MR) is 50.6 cm³/mol. The van der Waals surface area contributed by atoms with Crippen LogP contribution in [0.5, 0.6) is 5.75 Å². The lowest BCUT2D eigenvalue weighted by molar-refractivity contribution is 0.0697. The van der Waals surface area contributed by atoms with E-state index in [1.54, 1.807) is 18.2 Å². The molecule has 0 spiro atoms. The molecular weight excluding hydrogens is 236 g/mol. The van der Waals surface area contributed by atoms with Crippen LogP contribution in [0.2, 0.25) is 0 Å². The highest BCUT2D eigenvalue weighted by Crippen LogP contribution is 2.37. The van der Waals surface area contributed by atoms with Gasteiger partial charge in [-0.1, -0.05) is 15.9 Å². The minimum atomic E-state index is -0.908. The van der Waals surface area contributed by atoms with Crippen molar-refractivity contribution < 1.29 is 14.6 Å². The Kier molecular flexibility index (Phi) is 2.00. The van der Waals surface area contributed by atoms with Crippen molar-refractivity contribution in [3.05, 3.63) is 29.3 Å². The molecule has 1 aliphatic heterocycles. The van der Waals surface area contributed by atoms with E-state index in [1.807, 2.05) is 0 Å². The lowest BCUT2D eigenvalue weighted by Crippen LogP contribution is -1.96. The fraction of sp³-hybridized carbons (Fsp3) is 0.222. The molecule has 2 rings (SSSR count). The van der Waals surface area contributed by atoms with Gasteiger partial charge in [0.2, 0.25) is 0 Å². The van der Waals surface area contributed by atoms with Crippen LogP contribution in [0, 0.1) is 0 Å². The van der Waals surface area contributed by atoms with Gasteiger partial charge in [0.1, 0.15) is 12.4 Å². The number of carboxylic acid groups (broad SMARTS) is 1. The third-order valence-corrected chi connectivity index (χ3v) is 2.74. The van der Waals surface area contributed by atoms with E-state index in [4.69, 9.17) is 9.84 Å².